The number of benzene rings is 2. The van der Waals surface area contributed by atoms with E-state index in [1.54, 1.807) is 26.0 Å². The van der Waals surface area contributed by atoms with Gasteiger partial charge in [0.1, 0.15) is 0 Å². The lowest BCUT2D eigenvalue weighted by molar-refractivity contribution is -0.143. The number of hydrogen-bond acceptors (Lipinski definition) is 4. The largest absolute Gasteiger partial charge is 0.460 e. The number of carbonyl (C=O) groups is 2. The monoisotopic (exact) mass is 469 g/mol. The Morgan fingerprint density at radius 1 is 1.03 bits per heavy atom. The first kappa shape index (κ1) is 22.6. The van der Waals surface area contributed by atoms with Gasteiger partial charge in [0, 0.05) is 29.3 Å². The molecule has 166 valence electrons. The zero-order chi connectivity index (χ0) is 23.0. The fourth-order valence-corrected chi connectivity index (χ4v) is 4.88. The second kappa shape index (κ2) is 9.13. The lowest BCUT2D eigenvalue weighted by Gasteiger charge is -2.37. The van der Waals surface area contributed by atoms with Crippen molar-refractivity contribution in [2.24, 2.45) is 0 Å². The van der Waals surface area contributed by atoms with E-state index in [4.69, 9.17) is 27.9 Å². The molecule has 0 radical (unpaired) electrons. The number of Topliss-reactive ketones (excluding diaryl/α,β-unsaturated/α-hetero) is 1. The van der Waals surface area contributed by atoms with Crippen LogP contribution in [0.25, 0.3) is 0 Å². The van der Waals surface area contributed by atoms with Crippen LogP contribution in [0.4, 0.5) is 0 Å². The molecule has 6 heteroatoms. The summed E-state index contributed by atoms with van der Waals surface area (Å²) >= 11 is 12.5. The number of rotatable bonds is 4. The van der Waals surface area contributed by atoms with Crippen LogP contribution in [-0.2, 0) is 14.3 Å². The third-order valence-corrected chi connectivity index (χ3v) is 6.68. The summed E-state index contributed by atoms with van der Waals surface area (Å²) in [5.41, 5.74) is 4.46. The highest BCUT2D eigenvalue weighted by Crippen LogP contribution is 2.46. The number of ether oxygens (including phenoxy) is 1. The van der Waals surface area contributed by atoms with E-state index in [9.17, 15) is 9.59 Å². The van der Waals surface area contributed by atoms with Gasteiger partial charge in [-0.3, -0.25) is 4.79 Å². The molecule has 32 heavy (non-hydrogen) atoms. The van der Waals surface area contributed by atoms with Crippen LogP contribution in [0.2, 0.25) is 10.0 Å². The van der Waals surface area contributed by atoms with Gasteiger partial charge in [-0.15, -0.1) is 0 Å². The molecule has 0 aromatic heterocycles. The highest BCUT2D eigenvalue weighted by atomic mass is 35.5. The van der Waals surface area contributed by atoms with Crippen molar-refractivity contribution in [2.75, 3.05) is 0 Å². The Morgan fingerprint density at radius 3 is 2.41 bits per heavy atom. The van der Waals surface area contributed by atoms with E-state index in [2.05, 4.69) is 17.4 Å². The van der Waals surface area contributed by atoms with Crippen molar-refractivity contribution < 1.29 is 14.3 Å². The molecule has 0 unspecified atom stereocenters. The average molecular weight is 470 g/mol. The average Bonchev–Trinajstić information content (AvgIpc) is 2.74. The summed E-state index contributed by atoms with van der Waals surface area (Å²) in [7, 11) is 0. The van der Waals surface area contributed by atoms with Gasteiger partial charge >= 0.3 is 5.97 Å². The molecule has 2 aliphatic rings. The van der Waals surface area contributed by atoms with Crippen LogP contribution in [-0.4, -0.2) is 17.9 Å². The van der Waals surface area contributed by atoms with Gasteiger partial charge in [-0.25, -0.2) is 4.79 Å². The van der Waals surface area contributed by atoms with Crippen molar-refractivity contribution in [1.82, 2.24) is 5.32 Å². The summed E-state index contributed by atoms with van der Waals surface area (Å²) in [6.07, 6.45) is 0.790. The lowest BCUT2D eigenvalue weighted by Crippen LogP contribution is -2.36. The van der Waals surface area contributed by atoms with Crippen LogP contribution in [0.5, 0.6) is 0 Å². The smallest absolute Gasteiger partial charge is 0.337 e. The molecule has 1 N–H and O–H groups in total. The Balaban J connectivity index is 1.82. The summed E-state index contributed by atoms with van der Waals surface area (Å²) in [4.78, 5) is 26.6. The number of halogens is 2. The number of carbonyl (C=O) groups excluding carboxylic acids is 2. The fourth-order valence-electron chi connectivity index (χ4n) is 4.57. The zero-order valence-electron chi connectivity index (χ0n) is 18.2. The highest BCUT2D eigenvalue weighted by Gasteiger charge is 2.41. The Bertz CT molecular complexity index is 1140. The topological polar surface area (TPSA) is 55.4 Å². The lowest BCUT2D eigenvalue weighted by atomic mass is 9.72. The SMILES string of the molecule is CC1=C(C(=O)OC(C)C)[C@@H](c2ccc(Cl)c(Cl)c2)C2=C(C[C@H](c3ccccc3)CC2=O)N1. The van der Waals surface area contributed by atoms with Gasteiger partial charge < -0.3 is 10.1 Å². The molecule has 1 aliphatic heterocycles. The number of hydrogen-bond donors (Lipinski definition) is 1. The maximum absolute atomic E-state index is 13.5. The summed E-state index contributed by atoms with van der Waals surface area (Å²) in [6, 6.07) is 15.3. The van der Waals surface area contributed by atoms with Crippen molar-refractivity contribution in [3.63, 3.8) is 0 Å². The number of esters is 1. The van der Waals surface area contributed by atoms with Gasteiger partial charge in [0.05, 0.1) is 21.7 Å². The summed E-state index contributed by atoms with van der Waals surface area (Å²) in [5, 5.41) is 4.16. The quantitative estimate of drug-likeness (QED) is 0.533. The van der Waals surface area contributed by atoms with Crippen LogP contribution in [0, 0.1) is 0 Å². The Kier molecular flexibility index (Phi) is 6.45. The first-order chi connectivity index (χ1) is 15.3. The summed E-state index contributed by atoms with van der Waals surface area (Å²) < 4.78 is 5.54. The molecule has 0 amide bonds. The molecule has 2 aromatic carbocycles. The molecule has 2 aromatic rings. The van der Waals surface area contributed by atoms with Crippen LogP contribution in [0.3, 0.4) is 0 Å². The minimum absolute atomic E-state index is 0.0195. The predicted octanol–water partition coefficient (Wildman–Crippen LogP) is 6.31. The van der Waals surface area contributed by atoms with Gasteiger partial charge in [0.25, 0.3) is 0 Å². The molecular formula is C26H25Cl2NO3. The Hall–Kier alpha value is -2.56. The molecule has 0 saturated heterocycles. The molecule has 4 nitrogen and oxygen atoms in total. The maximum atomic E-state index is 13.5. The molecule has 0 spiro atoms. The molecule has 0 saturated carbocycles. The Morgan fingerprint density at radius 2 is 1.75 bits per heavy atom. The molecule has 2 atom stereocenters. The van der Waals surface area contributed by atoms with E-state index >= 15 is 0 Å². The van der Waals surface area contributed by atoms with E-state index in [1.165, 1.54) is 0 Å². The van der Waals surface area contributed by atoms with E-state index in [1.807, 2.05) is 31.2 Å². The fraction of sp³-hybridized carbons (Fsp3) is 0.308. The zero-order valence-corrected chi connectivity index (χ0v) is 19.8. The molecule has 4 rings (SSSR count). The minimum Gasteiger partial charge on any atom is -0.460 e. The molecule has 0 bridgehead atoms. The van der Waals surface area contributed by atoms with Crippen molar-refractivity contribution in [2.45, 2.75) is 51.6 Å². The van der Waals surface area contributed by atoms with Crippen LogP contribution in [0.1, 0.15) is 56.6 Å². The van der Waals surface area contributed by atoms with Crippen molar-refractivity contribution in [3.05, 3.63) is 92.2 Å². The van der Waals surface area contributed by atoms with Gasteiger partial charge in [0.2, 0.25) is 0 Å². The predicted molar refractivity (Wildman–Crippen MR) is 127 cm³/mol. The van der Waals surface area contributed by atoms with Gasteiger partial charge in [-0.2, -0.15) is 0 Å². The second-order valence-corrected chi connectivity index (χ2v) is 9.37. The van der Waals surface area contributed by atoms with E-state index in [0.717, 1.165) is 16.8 Å². The molecule has 1 aliphatic carbocycles. The highest BCUT2D eigenvalue weighted by molar-refractivity contribution is 6.42. The van der Waals surface area contributed by atoms with Crippen molar-refractivity contribution in [3.8, 4) is 0 Å². The van der Waals surface area contributed by atoms with Gasteiger partial charge in [0.15, 0.2) is 5.78 Å². The first-order valence-electron chi connectivity index (χ1n) is 10.7. The van der Waals surface area contributed by atoms with E-state index < -0.39 is 11.9 Å². The molecular weight excluding hydrogens is 445 g/mol. The van der Waals surface area contributed by atoms with E-state index in [0.29, 0.717) is 39.7 Å². The van der Waals surface area contributed by atoms with Gasteiger partial charge in [-0.1, -0.05) is 59.6 Å². The van der Waals surface area contributed by atoms with E-state index in [-0.39, 0.29) is 17.8 Å². The van der Waals surface area contributed by atoms with Crippen LogP contribution >= 0.6 is 23.2 Å². The third-order valence-electron chi connectivity index (χ3n) is 5.94. The Labute approximate surface area is 198 Å². The standard InChI is InChI=1S/C26H25Cl2NO3/c1-14(2)32-26(31)23-15(3)29-21-12-18(16-7-5-4-6-8-16)13-22(30)25(21)24(23)17-9-10-19(27)20(28)11-17/h4-11,14,18,24,29H,12-13H2,1-3H3/t18-,24+/m0/s1. The number of dihydropyridines is 1. The molecule has 0 fully saturated rings. The van der Waals surface area contributed by atoms with Gasteiger partial charge in [-0.05, 0) is 56.4 Å². The van der Waals surface area contributed by atoms with Crippen LogP contribution in [0.15, 0.2) is 71.1 Å². The third kappa shape index (κ3) is 4.35. The second-order valence-electron chi connectivity index (χ2n) is 8.56. The number of nitrogens with one attached hydrogen (secondary N) is 1. The molecule has 1 heterocycles. The number of allylic oxidation sites excluding steroid dienone is 3. The van der Waals surface area contributed by atoms with Crippen LogP contribution < -0.4 is 5.32 Å². The first-order valence-corrected chi connectivity index (χ1v) is 11.5. The summed E-state index contributed by atoms with van der Waals surface area (Å²) in [6.45, 7) is 5.46. The summed E-state index contributed by atoms with van der Waals surface area (Å²) in [5.74, 6) is -0.894. The number of ketones is 1. The van der Waals surface area contributed by atoms with Crippen molar-refractivity contribution >= 4 is 35.0 Å². The minimum atomic E-state index is -0.559. The normalized spacial score (nSPS) is 20.9. The maximum Gasteiger partial charge on any atom is 0.337 e. The van der Waals surface area contributed by atoms with Crippen molar-refractivity contribution in [1.29, 1.82) is 0 Å².